The predicted molar refractivity (Wildman–Crippen MR) is 70.9 cm³/mol. The Hall–Kier alpha value is -1.14. The Morgan fingerprint density at radius 1 is 1.37 bits per heavy atom. The van der Waals surface area contributed by atoms with Crippen LogP contribution < -0.4 is 10.6 Å². The first-order valence-electron chi connectivity index (χ1n) is 6.81. The molecule has 0 bridgehead atoms. The van der Waals surface area contributed by atoms with Gasteiger partial charge in [0.25, 0.3) is 0 Å². The highest BCUT2D eigenvalue weighted by Gasteiger charge is 2.40. The lowest BCUT2D eigenvalue weighted by Gasteiger charge is -2.33. The zero-order valence-corrected chi connectivity index (χ0v) is 11.7. The van der Waals surface area contributed by atoms with Gasteiger partial charge in [0.1, 0.15) is 0 Å². The van der Waals surface area contributed by atoms with Crippen LogP contribution in [0.5, 0.6) is 0 Å². The van der Waals surface area contributed by atoms with E-state index >= 15 is 0 Å². The van der Waals surface area contributed by atoms with Gasteiger partial charge in [0.05, 0.1) is 5.41 Å². The fourth-order valence-electron chi connectivity index (χ4n) is 2.27. The highest BCUT2D eigenvalue weighted by atomic mass is 16.5. The number of ether oxygens (including phenoxy) is 1. The number of amides is 1. The van der Waals surface area contributed by atoms with Gasteiger partial charge in [-0.3, -0.25) is 9.59 Å². The summed E-state index contributed by atoms with van der Waals surface area (Å²) in [6.45, 7) is 5.79. The molecule has 19 heavy (non-hydrogen) atoms. The molecule has 1 atom stereocenters. The van der Waals surface area contributed by atoms with E-state index in [0.717, 1.165) is 6.54 Å². The minimum atomic E-state index is -0.866. The Morgan fingerprint density at radius 3 is 2.53 bits per heavy atom. The number of carbonyl (C=O) groups is 2. The van der Waals surface area contributed by atoms with E-state index in [9.17, 15) is 14.7 Å². The van der Waals surface area contributed by atoms with Crippen molar-refractivity contribution in [3.05, 3.63) is 0 Å². The molecule has 0 spiro atoms. The van der Waals surface area contributed by atoms with Crippen molar-refractivity contribution in [3.8, 4) is 0 Å². The molecule has 1 unspecified atom stereocenters. The molecule has 6 nitrogen and oxygen atoms in total. The molecule has 1 heterocycles. The van der Waals surface area contributed by atoms with E-state index in [1.807, 2.05) is 13.8 Å². The number of carbonyl (C=O) groups excluding carboxylic acids is 1. The van der Waals surface area contributed by atoms with E-state index in [-0.39, 0.29) is 18.5 Å². The zero-order chi connectivity index (χ0) is 14.3. The molecule has 1 saturated heterocycles. The molecule has 0 aromatic carbocycles. The van der Waals surface area contributed by atoms with Gasteiger partial charge in [-0.25, -0.2) is 0 Å². The molecule has 1 aliphatic heterocycles. The second-order valence-corrected chi connectivity index (χ2v) is 5.14. The molecule has 1 aliphatic rings. The number of hydrogen-bond donors (Lipinski definition) is 3. The number of aliphatic carboxylic acids is 1. The first-order valence-corrected chi connectivity index (χ1v) is 6.81. The number of carboxylic acids is 1. The molecular weight excluding hydrogens is 248 g/mol. The molecule has 0 aromatic rings. The van der Waals surface area contributed by atoms with Gasteiger partial charge in [-0.1, -0.05) is 6.92 Å². The van der Waals surface area contributed by atoms with Gasteiger partial charge >= 0.3 is 5.97 Å². The number of carboxylic acid groups (broad SMARTS) is 1. The lowest BCUT2D eigenvalue weighted by Crippen LogP contribution is -2.47. The van der Waals surface area contributed by atoms with Crippen LogP contribution in [0.2, 0.25) is 0 Å². The lowest BCUT2D eigenvalue weighted by molar-refractivity contribution is -0.154. The molecule has 6 heteroatoms. The van der Waals surface area contributed by atoms with E-state index in [4.69, 9.17) is 4.74 Å². The Morgan fingerprint density at radius 2 is 2.00 bits per heavy atom. The van der Waals surface area contributed by atoms with Crippen LogP contribution in [0.3, 0.4) is 0 Å². The molecule has 110 valence electrons. The van der Waals surface area contributed by atoms with E-state index in [0.29, 0.717) is 32.5 Å². The van der Waals surface area contributed by atoms with Crippen LogP contribution in [0, 0.1) is 5.41 Å². The van der Waals surface area contributed by atoms with Crippen LogP contribution in [0.4, 0.5) is 0 Å². The van der Waals surface area contributed by atoms with Crippen molar-refractivity contribution in [2.24, 2.45) is 5.41 Å². The van der Waals surface area contributed by atoms with E-state index in [2.05, 4.69) is 10.6 Å². The van der Waals surface area contributed by atoms with Crippen LogP contribution >= 0.6 is 0 Å². The second kappa shape index (κ2) is 7.45. The third kappa shape index (κ3) is 4.80. The molecule has 3 N–H and O–H groups in total. The molecule has 0 radical (unpaired) electrons. The molecule has 0 saturated carbocycles. The van der Waals surface area contributed by atoms with Crippen molar-refractivity contribution >= 4 is 11.9 Å². The molecule has 1 rings (SSSR count). The Bertz CT molecular complexity index is 314. The summed E-state index contributed by atoms with van der Waals surface area (Å²) in [6, 6.07) is 0.0977. The number of hydrogen-bond acceptors (Lipinski definition) is 4. The molecule has 1 amide bonds. The van der Waals surface area contributed by atoms with E-state index < -0.39 is 11.4 Å². The number of rotatable bonds is 7. The van der Waals surface area contributed by atoms with Gasteiger partial charge in [0, 0.05) is 32.2 Å². The molecular formula is C13H24N2O4. The Balaban J connectivity index is 2.44. The van der Waals surface area contributed by atoms with Gasteiger partial charge in [-0.15, -0.1) is 0 Å². The molecule has 0 aromatic heterocycles. The first kappa shape index (κ1) is 15.9. The van der Waals surface area contributed by atoms with Gasteiger partial charge < -0.3 is 20.5 Å². The Kier molecular flexibility index (Phi) is 6.24. The molecule has 0 aliphatic carbocycles. The van der Waals surface area contributed by atoms with Crippen LogP contribution in [0.15, 0.2) is 0 Å². The Labute approximate surface area is 113 Å². The largest absolute Gasteiger partial charge is 0.481 e. The van der Waals surface area contributed by atoms with Crippen molar-refractivity contribution in [2.45, 2.75) is 39.2 Å². The maximum atomic E-state index is 11.8. The maximum absolute atomic E-state index is 11.8. The normalized spacial score (nSPS) is 19.7. The van der Waals surface area contributed by atoms with Gasteiger partial charge in [0.15, 0.2) is 0 Å². The SMILES string of the molecule is CCNC(C)CC(=O)NCC1(C(=O)O)CCOCC1. The highest BCUT2D eigenvalue weighted by molar-refractivity contribution is 5.79. The third-order valence-corrected chi connectivity index (χ3v) is 3.57. The summed E-state index contributed by atoms with van der Waals surface area (Å²) in [4.78, 5) is 23.2. The van der Waals surface area contributed by atoms with Gasteiger partial charge in [-0.05, 0) is 26.3 Å². The summed E-state index contributed by atoms with van der Waals surface area (Å²) >= 11 is 0. The quantitative estimate of drug-likeness (QED) is 0.623. The second-order valence-electron chi connectivity index (χ2n) is 5.14. The fourth-order valence-corrected chi connectivity index (χ4v) is 2.27. The van der Waals surface area contributed by atoms with Crippen molar-refractivity contribution in [3.63, 3.8) is 0 Å². The van der Waals surface area contributed by atoms with Gasteiger partial charge in [0.2, 0.25) is 5.91 Å². The summed E-state index contributed by atoms with van der Waals surface area (Å²) in [5.74, 6) is -0.962. The first-order chi connectivity index (χ1) is 9.00. The summed E-state index contributed by atoms with van der Waals surface area (Å²) < 4.78 is 5.19. The minimum Gasteiger partial charge on any atom is -0.481 e. The smallest absolute Gasteiger partial charge is 0.311 e. The minimum absolute atomic E-state index is 0.0977. The molecule has 1 fully saturated rings. The van der Waals surface area contributed by atoms with Crippen LogP contribution in [0.1, 0.15) is 33.1 Å². The summed E-state index contributed by atoms with van der Waals surface area (Å²) in [7, 11) is 0. The standard InChI is InChI=1S/C13H24N2O4/c1-3-14-10(2)8-11(16)15-9-13(12(17)18)4-6-19-7-5-13/h10,14H,3-9H2,1-2H3,(H,15,16)(H,17,18). The predicted octanol–water partition coefficient (Wildman–Crippen LogP) is 0.372. The van der Waals surface area contributed by atoms with Crippen LogP contribution in [-0.4, -0.2) is 49.3 Å². The van der Waals surface area contributed by atoms with E-state index in [1.165, 1.54) is 0 Å². The average Bonchev–Trinajstić information content (AvgIpc) is 2.37. The van der Waals surface area contributed by atoms with Crippen molar-refractivity contribution in [1.82, 2.24) is 10.6 Å². The van der Waals surface area contributed by atoms with Crippen molar-refractivity contribution in [2.75, 3.05) is 26.3 Å². The highest BCUT2D eigenvalue weighted by Crippen LogP contribution is 2.30. The summed E-state index contributed by atoms with van der Waals surface area (Å²) in [5.41, 5.74) is -0.866. The van der Waals surface area contributed by atoms with Gasteiger partial charge in [-0.2, -0.15) is 0 Å². The fraction of sp³-hybridized carbons (Fsp3) is 0.846. The van der Waals surface area contributed by atoms with Crippen molar-refractivity contribution < 1.29 is 19.4 Å². The van der Waals surface area contributed by atoms with Crippen LogP contribution in [-0.2, 0) is 14.3 Å². The third-order valence-electron chi connectivity index (χ3n) is 3.57. The van der Waals surface area contributed by atoms with E-state index in [1.54, 1.807) is 0 Å². The topological polar surface area (TPSA) is 87.7 Å². The van der Waals surface area contributed by atoms with Crippen LogP contribution in [0.25, 0.3) is 0 Å². The lowest BCUT2D eigenvalue weighted by atomic mass is 9.80. The van der Waals surface area contributed by atoms with Crippen molar-refractivity contribution in [1.29, 1.82) is 0 Å². The summed E-state index contributed by atoms with van der Waals surface area (Å²) in [5, 5.41) is 15.2. The monoisotopic (exact) mass is 272 g/mol. The maximum Gasteiger partial charge on any atom is 0.311 e. The summed E-state index contributed by atoms with van der Waals surface area (Å²) in [6.07, 6.45) is 1.26. The average molecular weight is 272 g/mol. The number of nitrogens with one attached hydrogen (secondary N) is 2. The zero-order valence-electron chi connectivity index (χ0n) is 11.7.